The Labute approximate surface area is 103 Å². The first-order valence-corrected chi connectivity index (χ1v) is 6.07. The van der Waals surface area contributed by atoms with Crippen molar-refractivity contribution in [2.75, 3.05) is 0 Å². The van der Waals surface area contributed by atoms with E-state index in [1.54, 1.807) is 6.20 Å². The molecule has 3 nitrogen and oxygen atoms in total. The second-order valence-corrected chi connectivity index (χ2v) is 4.83. The number of aryl methyl sites for hydroxylation is 1. The molecule has 92 valence electrons. The van der Waals surface area contributed by atoms with Gasteiger partial charge in [-0.3, -0.25) is 0 Å². The lowest BCUT2D eigenvalue weighted by Gasteiger charge is -2.22. The first kappa shape index (κ1) is 13.6. The predicted octanol–water partition coefficient (Wildman–Crippen LogP) is 3.66. The van der Waals surface area contributed by atoms with Crippen molar-refractivity contribution in [2.24, 2.45) is 0 Å². The fourth-order valence-electron chi connectivity index (χ4n) is 2.05. The SMILES string of the molecule is CC.Cc1cnc2nnccc2c1C(C)(C)C. The minimum absolute atomic E-state index is 0.105. The van der Waals surface area contributed by atoms with Crippen molar-refractivity contribution in [3.8, 4) is 0 Å². The lowest BCUT2D eigenvalue weighted by molar-refractivity contribution is 0.591. The van der Waals surface area contributed by atoms with E-state index in [9.17, 15) is 0 Å². The van der Waals surface area contributed by atoms with Gasteiger partial charge < -0.3 is 0 Å². The van der Waals surface area contributed by atoms with Crippen LogP contribution in [0.4, 0.5) is 0 Å². The molecule has 0 saturated heterocycles. The highest BCUT2D eigenvalue weighted by Crippen LogP contribution is 2.30. The summed E-state index contributed by atoms with van der Waals surface area (Å²) in [7, 11) is 0. The Morgan fingerprint density at radius 1 is 1.12 bits per heavy atom. The summed E-state index contributed by atoms with van der Waals surface area (Å²) < 4.78 is 0. The van der Waals surface area contributed by atoms with Gasteiger partial charge in [-0.25, -0.2) is 4.98 Å². The summed E-state index contributed by atoms with van der Waals surface area (Å²) in [5, 5.41) is 9.00. The molecule has 2 aromatic rings. The van der Waals surface area contributed by atoms with E-state index in [4.69, 9.17) is 0 Å². The minimum atomic E-state index is 0.105. The van der Waals surface area contributed by atoms with Crippen molar-refractivity contribution in [2.45, 2.75) is 47.0 Å². The number of pyridine rings is 1. The highest BCUT2D eigenvalue weighted by atomic mass is 15.1. The molecule has 0 atom stereocenters. The number of hydrogen-bond acceptors (Lipinski definition) is 3. The Kier molecular flexibility index (Phi) is 4.16. The molecule has 0 fully saturated rings. The number of rotatable bonds is 0. The standard InChI is InChI=1S/C12H15N3.C2H6/c1-8-7-13-11-9(5-6-14-15-11)10(8)12(2,3)4;1-2/h5-7H,1-4H3;1-2H3. The van der Waals surface area contributed by atoms with Crippen LogP contribution in [-0.4, -0.2) is 15.2 Å². The number of fused-ring (bicyclic) bond motifs is 1. The van der Waals surface area contributed by atoms with Crippen LogP contribution < -0.4 is 0 Å². The van der Waals surface area contributed by atoms with Gasteiger partial charge in [-0.1, -0.05) is 34.6 Å². The van der Waals surface area contributed by atoms with E-state index in [-0.39, 0.29) is 5.41 Å². The van der Waals surface area contributed by atoms with Gasteiger partial charge in [0.15, 0.2) is 5.65 Å². The Morgan fingerprint density at radius 2 is 1.76 bits per heavy atom. The average Bonchev–Trinajstić information content (AvgIpc) is 2.29. The first-order valence-electron chi connectivity index (χ1n) is 6.07. The average molecular weight is 231 g/mol. The lowest BCUT2D eigenvalue weighted by Crippen LogP contribution is -2.14. The molecule has 0 amide bonds. The number of nitrogens with zero attached hydrogens (tertiary/aromatic N) is 3. The van der Waals surface area contributed by atoms with Crippen LogP contribution >= 0.6 is 0 Å². The Bertz CT molecular complexity index is 498. The van der Waals surface area contributed by atoms with Crippen LogP contribution in [0.15, 0.2) is 18.5 Å². The Morgan fingerprint density at radius 3 is 2.35 bits per heavy atom. The fourth-order valence-corrected chi connectivity index (χ4v) is 2.05. The predicted molar refractivity (Wildman–Crippen MR) is 72.1 cm³/mol. The van der Waals surface area contributed by atoms with Gasteiger partial charge in [0.1, 0.15) is 0 Å². The van der Waals surface area contributed by atoms with Crippen molar-refractivity contribution >= 4 is 11.0 Å². The van der Waals surface area contributed by atoms with Crippen LogP contribution in [0, 0.1) is 6.92 Å². The monoisotopic (exact) mass is 231 g/mol. The maximum absolute atomic E-state index is 4.28. The summed E-state index contributed by atoms with van der Waals surface area (Å²) in [6, 6.07) is 1.99. The van der Waals surface area contributed by atoms with Gasteiger partial charge in [-0.05, 0) is 29.5 Å². The van der Waals surface area contributed by atoms with Crippen molar-refractivity contribution in [3.63, 3.8) is 0 Å². The molecule has 0 saturated carbocycles. The van der Waals surface area contributed by atoms with Crippen molar-refractivity contribution < 1.29 is 0 Å². The highest BCUT2D eigenvalue weighted by molar-refractivity contribution is 5.80. The van der Waals surface area contributed by atoms with Gasteiger partial charge in [-0.15, -0.1) is 5.10 Å². The summed E-state index contributed by atoms with van der Waals surface area (Å²) in [6.45, 7) is 12.7. The zero-order valence-electron chi connectivity index (χ0n) is 11.6. The topological polar surface area (TPSA) is 38.7 Å². The highest BCUT2D eigenvalue weighted by Gasteiger charge is 2.20. The number of aromatic nitrogens is 3. The molecule has 0 aliphatic heterocycles. The number of hydrogen-bond donors (Lipinski definition) is 0. The van der Waals surface area contributed by atoms with E-state index >= 15 is 0 Å². The zero-order valence-corrected chi connectivity index (χ0v) is 11.6. The largest absolute Gasteiger partial charge is 0.235 e. The maximum atomic E-state index is 4.28. The quantitative estimate of drug-likeness (QED) is 0.694. The molecular formula is C14H21N3. The van der Waals surface area contributed by atoms with Crippen molar-refractivity contribution in [3.05, 3.63) is 29.6 Å². The van der Waals surface area contributed by atoms with Gasteiger partial charge in [0, 0.05) is 11.6 Å². The van der Waals surface area contributed by atoms with E-state index in [0.29, 0.717) is 0 Å². The minimum Gasteiger partial charge on any atom is -0.235 e. The summed E-state index contributed by atoms with van der Waals surface area (Å²) in [4.78, 5) is 4.28. The summed E-state index contributed by atoms with van der Waals surface area (Å²) >= 11 is 0. The van der Waals surface area contributed by atoms with Gasteiger partial charge >= 0.3 is 0 Å². The third-order valence-corrected chi connectivity index (χ3v) is 2.50. The normalized spacial score (nSPS) is 10.9. The third kappa shape index (κ3) is 2.78. The summed E-state index contributed by atoms with van der Waals surface area (Å²) in [6.07, 6.45) is 3.59. The van der Waals surface area contributed by atoms with E-state index in [2.05, 4.69) is 42.9 Å². The molecule has 17 heavy (non-hydrogen) atoms. The molecule has 2 rings (SSSR count). The molecule has 0 N–H and O–H groups in total. The molecule has 0 aliphatic rings. The smallest absolute Gasteiger partial charge is 0.182 e. The van der Waals surface area contributed by atoms with Crippen molar-refractivity contribution in [1.82, 2.24) is 15.2 Å². The van der Waals surface area contributed by atoms with E-state index in [1.807, 2.05) is 26.1 Å². The molecule has 0 bridgehead atoms. The van der Waals surface area contributed by atoms with Crippen LogP contribution in [0.5, 0.6) is 0 Å². The fraction of sp³-hybridized carbons (Fsp3) is 0.500. The Hall–Kier alpha value is -1.51. The van der Waals surface area contributed by atoms with Gasteiger partial charge in [0.2, 0.25) is 0 Å². The first-order chi connectivity index (χ1) is 8.00. The Balaban J connectivity index is 0.000000686. The van der Waals surface area contributed by atoms with E-state index < -0.39 is 0 Å². The van der Waals surface area contributed by atoms with Crippen LogP contribution in [0.2, 0.25) is 0 Å². The second-order valence-electron chi connectivity index (χ2n) is 4.83. The molecule has 0 aromatic carbocycles. The van der Waals surface area contributed by atoms with Crippen LogP contribution in [0.3, 0.4) is 0 Å². The van der Waals surface area contributed by atoms with Crippen LogP contribution in [-0.2, 0) is 5.41 Å². The maximum Gasteiger partial charge on any atom is 0.182 e. The summed E-state index contributed by atoms with van der Waals surface area (Å²) in [5.74, 6) is 0. The summed E-state index contributed by atoms with van der Waals surface area (Å²) in [5.41, 5.74) is 3.35. The van der Waals surface area contributed by atoms with E-state index in [0.717, 1.165) is 11.0 Å². The van der Waals surface area contributed by atoms with Gasteiger partial charge in [0.25, 0.3) is 0 Å². The van der Waals surface area contributed by atoms with Crippen molar-refractivity contribution in [1.29, 1.82) is 0 Å². The third-order valence-electron chi connectivity index (χ3n) is 2.50. The van der Waals surface area contributed by atoms with E-state index in [1.165, 1.54) is 11.1 Å². The second kappa shape index (κ2) is 5.21. The molecular weight excluding hydrogens is 210 g/mol. The molecule has 2 aromatic heterocycles. The van der Waals surface area contributed by atoms with Gasteiger partial charge in [0.05, 0.1) is 6.20 Å². The van der Waals surface area contributed by atoms with Gasteiger partial charge in [-0.2, -0.15) is 5.10 Å². The molecule has 0 aliphatic carbocycles. The van der Waals surface area contributed by atoms with Crippen LogP contribution in [0.25, 0.3) is 11.0 Å². The lowest BCUT2D eigenvalue weighted by atomic mass is 9.83. The van der Waals surface area contributed by atoms with Crippen LogP contribution in [0.1, 0.15) is 45.7 Å². The molecule has 0 unspecified atom stereocenters. The molecule has 0 radical (unpaired) electrons. The molecule has 0 spiro atoms. The zero-order chi connectivity index (χ0) is 13.1. The molecule has 3 heteroatoms. The molecule has 2 heterocycles.